The van der Waals surface area contributed by atoms with Gasteiger partial charge in [-0.3, -0.25) is 4.57 Å². The molecular formula is C14H13ClF3N7O2. The highest BCUT2D eigenvalue weighted by Gasteiger charge is 2.39. The van der Waals surface area contributed by atoms with Gasteiger partial charge in [-0.1, -0.05) is 11.6 Å². The number of halogens is 4. The van der Waals surface area contributed by atoms with E-state index in [4.69, 9.17) is 17.3 Å². The molecule has 3 aromatic rings. The zero-order valence-corrected chi connectivity index (χ0v) is 14.2. The molecule has 144 valence electrons. The van der Waals surface area contributed by atoms with Gasteiger partial charge in [0.15, 0.2) is 17.8 Å². The number of benzene rings is 1. The van der Waals surface area contributed by atoms with E-state index < -0.39 is 24.5 Å². The molecule has 0 radical (unpaired) electrons. The highest BCUT2D eigenvalue weighted by molar-refractivity contribution is 6.30. The summed E-state index contributed by atoms with van der Waals surface area (Å²) in [7, 11) is 0. The van der Waals surface area contributed by atoms with Gasteiger partial charge in [-0.15, -0.1) is 5.10 Å². The molecular weight excluding hydrogens is 391 g/mol. The van der Waals surface area contributed by atoms with Crippen LogP contribution < -0.4 is 11.4 Å². The molecule has 27 heavy (non-hydrogen) atoms. The van der Waals surface area contributed by atoms with E-state index in [2.05, 4.69) is 20.3 Å². The molecule has 2 heterocycles. The lowest BCUT2D eigenvalue weighted by Crippen LogP contribution is -2.37. The van der Waals surface area contributed by atoms with Crippen LogP contribution in [0.25, 0.3) is 11.4 Å². The maximum Gasteiger partial charge on any atom is 0.416 e. The maximum atomic E-state index is 12.8. The Kier molecular flexibility index (Phi) is 4.93. The van der Waals surface area contributed by atoms with Crippen molar-refractivity contribution in [1.82, 2.24) is 29.5 Å². The first-order valence-electron chi connectivity index (χ1n) is 7.50. The largest absolute Gasteiger partial charge is 0.416 e. The molecule has 0 amide bonds. The average molecular weight is 404 g/mol. The molecule has 4 N–H and O–H groups in total. The van der Waals surface area contributed by atoms with Crippen molar-refractivity contribution in [3.05, 3.63) is 45.6 Å². The van der Waals surface area contributed by atoms with Crippen molar-refractivity contribution < 1.29 is 18.3 Å². The number of nitrogens with zero attached hydrogens (tertiary/aromatic N) is 5. The lowest BCUT2D eigenvalue weighted by molar-refractivity contribution is -0.207. The summed E-state index contributed by atoms with van der Waals surface area (Å²) in [5, 5.41) is 20.0. The Hall–Kier alpha value is -2.86. The molecule has 3 rings (SSSR count). The number of rotatable bonds is 5. The summed E-state index contributed by atoms with van der Waals surface area (Å²) in [4.78, 5) is 16.4. The Morgan fingerprint density at radius 1 is 1.30 bits per heavy atom. The van der Waals surface area contributed by atoms with Gasteiger partial charge in [0.05, 0.1) is 6.54 Å². The minimum atomic E-state index is -4.89. The number of alkyl halides is 3. The first kappa shape index (κ1) is 18.9. The number of nitrogens with one attached hydrogen (secondary N) is 1. The predicted molar refractivity (Wildman–Crippen MR) is 88.9 cm³/mol. The number of aromatic amines is 1. The fourth-order valence-electron chi connectivity index (χ4n) is 2.31. The molecule has 0 aliphatic heterocycles. The zero-order valence-electron chi connectivity index (χ0n) is 13.5. The number of H-pyrrole nitrogens is 1. The minimum Gasteiger partial charge on any atom is -0.382 e. The van der Waals surface area contributed by atoms with E-state index in [1.54, 1.807) is 0 Å². The molecule has 1 atom stereocenters. The minimum absolute atomic E-state index is 0.0166. The van der Waals surface area contributed by atoms with Crippen LogP contribution in [0, 0.1) is 0 Å². The third-order valence-corrected chi connectivity index (χ3v) is 3.85. The Balaban J connectivity index is 2.05. The number of nitrogen functional groups attached to an aromatic ring is 1. The van der Waals surface area contributed by atoms with Crippen LogP contribution in [0.2, 0.25) is 5.02 Å². The van der Waals surface area contributed by atoms with Gasteiger partial charge in [-0.05, 0) is 24.3 Å². The Labute approximate surface area is 154 Å². The molecule has 0 saturated carbocycles. The normalized spacial score (nSPS) is 13.1. The standard InChI is InChI=1S/C14H13ClF3N7O2/c15-8-3-1-7(2-4-8)11-23-25(6-10-20-12(19)22-21-10)13(27)24(11)5-9(26)14(16,17)18/h1-4,9,26H,5-6H2,(H3,19,20,21,22)/t9-/m0/s1. The fraction of sp³-hybridized carbons (Fsp3) is 0.286. The van der Waals surface area contributed by atoms with Gasteiger partial charge in [-0.25, -0.2) is 14.6 Å². The number of aliphatic hydroxyl groups excluding tert-OH is 1. The second kappa shape index (κ2) is 7.04. The molecule has 0 spiro atoms. The summed E-state index contributed by atoms with van der Waals surface area (Å²) < 4.78 is 39.9. The molecule has 0 aliphatic rings. The zero-order chi connectivity index (χ0) is 19.8. The van der Waals surface area contributed by atoms with Crippen LogP contribution >= 0.6 is 11.6 Å². The SMILES string of the molecule is Nc1nc(Cn2nc(-c3ccc(Cl)cc3)n(C[C@H](O)C(F)(F)F)c2=O)n[nH]1. The summed E-state index contributed by atoms with van der Waals surface area (Å²) in [5.41, 5.74) is 4.89. The first-order chi connectivity index (χ1) is 12.6. The number of hydrogen-bond donors (Lipinski definition) is 3. The molecule has 0 bridgehead atoms. The Morgan fingerprint density at radius 2 is 1.96 bits per heavy atom. The number of anilines is 1. The van der Waals surface area contributed by atoms with Crippen molar-refractivity contribution in [2.45, 2.75) is 25.4 Å². The summed E-state index contributed by atoms with van der Waals surface area (Å²) >= 11 is 5.81. The van der Waals surface area contributed by atoms with Crippen molar-refractivity contribution >= 4 is 17.5 Å². The summed E-state index contributed by atoms with van der Waals surface area (Å²) in [6.45, 7) is -1.24. The molecule has 2 aromatic heterocycles. The quantitative estimate of drug-likeness (QED) is 0.584. The lowest BCUT2D eigenvalue weighted by Gasteiger charge is -2.15. The molecule has 9 nitrogen and oxygen atoms in total. The van der Waals surface area contributed by atoms with Crippen LogP contribution in [0.15, 0.2) is 29.1 Å². The third kappa shape index (κ3) is 4.11. The Bertz CT molecular complexity index is 994. The van der Waals surface area contributed by atoms with Crippen LogP contribution in [-0.4, -0.2) is 46.9 Å². The number of aromatic nitrogens is 6. The summed E-state index contributed by atoms with van der Waals surface area (Å²) in [6, 6.07) is 5.99. The van der Waals surface area contributed by atoms with Gasteiger partial charge < -0.3 is 10.8 Å². The smallest absolute Gasteiger partial charge is 0.382 e. The number of nitrogens with two attached hydrogens (primary N) is 1. The summed E-state index contributed by atoms with van der Waals surface area (Å²) in [6.07, 6.45) is -7.63. The average Bonchev–Trinajstić information content (AvgIpc) is 3.13. The maximum absolute atomic E-state index is 12.8. The molecule has 0 unspecified atom stereocenters. The van der Waals surface area contributed by atoms with E-state index in [0.29, 0.717) is 10.6 Å². The van der Waals surface area contributed by atoms with E-state index in [9.17, 15) is 23.1 Å². The van der Waals surface area contributed by atoms with E-state index in [-0.39, 0.29) is 24.1 Å². The lowest BCUT2D eigenvalue weighted by atomic mass is 10.2. The highest BCUT2D eigenvalue weighted by atomic mass is 35.5. The molecule has 0 aliphatic carbocycles. The van der Waals surface area contributed by atoms with Crippen LogP contribution in [0.4, 0.5) is 19.1 Å². The fourth-order valence-corrected chi connectivity index (χ4v) is 2.44. The summed E-state index contributed by atoms with van der Waals surface area (Å²) in [5.74, 6) is 0.0738. The van der Waals surface area contributed by atoms with E-state index >= 15 is 0 Å². The van der Waals surface area contributed by atoms with Crippen LogP contribution in [0.3, 0.4) is 0 Å². The van der Waals surface area contributed by atoms with Crippen molar-refractivity contribution in [3.63, 3.8) is 0 Å². The van der Waals surface area contributed by atoms with Crippen molar-refractivity contribution in [2.24, 2.45) is 0 Å². The Morgan fingerprint density at radius 3 is 2.52 bits per heavy atom. The topological polar surface area (TPSA) is 128 Å². The highest BCUT2D eigenvalue weighted by Crippen LogP contribution is 2.24. The van der Waals surface area contributed by atoms with Crippen LogP contribution in [0.5, 0.6) is 0 Å². The van der Waals surface area contributed by atoms with Gasteiger partial charge in [-0.2, -0.15) is 23.3 Å². The predicted octanol–water partition coefficient (Wildman–Crippen LogP) is 1.04. The van der Waals surface area contributed by atoms with Crippen molar-refractivity contribution in [3.8, 4) is 11.4 Å². The van der Waals surface area contributed by atoms with Crippen LogP contribution in [-0.2, 0) is 13.1 Å². The van der Waals surface area contributed by atoms with Gasteiger partial charge in [0.1, 0.15) is 6.54 Å². The molecule has 0 fully saturated rings. The van der Waals surface area contributed by atoms with E-state index in [0.717, 1.165) is 9.25 Å². The molecule has 0 saturated heterocycles. The van der Waals surface area contributed by atoms with Crippen LogP contribution in [0.1, 0.15) is 5.82 Å². The van der Waals surface area contributed by atoms with E-state index in [1.807, 2.05) is 0 Å². The number of hydrogen-bond acceptors (Lipinski definition) is 6. The van der Waals surface area contributed by atoms with Gasteiger partial charge in [0.2, 0.25) is 5.95 Å². The first-order valence-corrected chi connectivity index (χ1v) is 7.88. The van der Waals surface area contributed by atoms with E-state index in [1.165, 1.54) is 24.3 Å². The van der Waals surface area contributed by atoms with Gasteiger partial charge in [0.25, 0.3) is 0 Å². The van der Waals surface area contributed by atoms with Crippen molar-refractivity contribution in [1.29, 1.82) is 0 Å². The molecule has 1 aromatic carbocycles. The van der Waals surface area contributed by atoms with Gasteiger partial charge >= 0.3 is 11.9 Å². The second-order valence-electron chi connectivity index (χ2n) is 5.58. The van der Waals surface area contributed by atoms with Gasteiger partial charge in [0, 0.05) is 10.6 Å². The third-order valence-electron chi connectivity index (χ3n) is 3.60. The number of aliphatic hydroxyl groups is 1. The second-order valence-corrected chi connectivity index (χ2v) is 6.01. The van der Waals surface area contributed by atoms with Crippen molar-refractivity contribution in [2.75, 3.05) is 5.73 Å². The monoisotopic (exact) mass is 403 g/mol. The molecule has 13 heteroatoms.